The monoisotopic (exact) mass is 400 g/mol. The maximum Gasteiger partial charge on any atom is 0.133 e. The Bertz CT molecular complexity index is 622. The Hall–Kier alpha value is -0.330. The van der Waals surface area contributed by atoms with E-state index in [4.69, 9.17) is 0 Å². The van der Waals surface area contributed by atoms with E-state index in [2.05, 4.69) is 41.5 Å². The van der Waals surface area contributed by atoms with E-state index in [1.807, 2.05) is 0 Å². The summed E-state index contributed by atoms with van der Waals surface area (Å²) in [7, 11) is 0. The maximum absolute atomic E-state index is 12.2. The number of carbonyl (C=O) groups is 1. The lowest BCUT2D eigenvalue weighted by Crippen LogP contribution is -2.57. The fraction of sp³-hybridized carbons (Fsp3) is 0.964. The lowest BCUT2D eigenvalue weighted by molar-refractivity contribution is -0.162. The molecule has 0 heterocycles. The van der Waals surface area contributed by atoms with Gasteiger partial charge in [0, 0.05) is 12.8 Å². The molecular formula is C28H48O. The third-order valence-electron chi connectivity index (χ3n) is 11.5. The summed E-state index contributed by atoms with van der Waals surface area (Å²) in [6.07, 6.45) is 15.7. The molecule has 4 saturated carbocycles. The van der Waals surface area contributed by atoms with Crippen LogP contribution in [0, 0.1) is 51.8 Å². The van der Waals surface area contributed by atoms with E-state index in [0.29, 0.717) is 27.9 Å². The van der Waals surface area contributed by atoms with E-state index in [0.717, 1.165) is 42.4 Å². The van der Waals surface area contributed by atoms with Gasteiger partial charge in [-0.15, -0.1) is 0 Å². The Kier molecular flexibility index (Phi) is 5.79. The third-order valence-corrected chi connectivity index (χ3v) is 11.5. The predicted octanol–water partition coefficient (Wildman–Crippen LogP) is 8.07. The van der Waals surface area contributed by atoms with Crippen LogP contribution in [0.2, 0.25) is 0 Å². The number of ketones is 1. The lowest BCUT2D eigenvalue weighted by atomic mass is 9.40. The van der Waals surface area contributed by atoms with Crippen LogP contribution in [0.3, 0.4) is 0 Å². The molecule has 0 aromatic rings. The molecule has 4 aliphatic carbocycles. The number of hydrogen-bond acceptors (Lipinski definition) is 1. The third kappa shape index (κ3) is 3.36. The van der Waals surface area contributed by atoms with Crippen LogP contribution in [0.5, 0.6) is 0 Å². The molecule has 0 saturated heterocycles. The molecule has 1 heteroatoms. The summed E-state index contributed by atoms with van der Waals surface area (Å²) in [6.45, 7) is 15.3. The Morgan fingerprint density at radius 2 is 1.59 bits per heavy atom. The van der Waals surface area contributed by atoms with Crippen molar-refractivity contribution >= 4 is 5.78 Å². The average Bonchev–Trinajstić information content (AvgIpc) is 2.93. The summed E-state index contributed by atoms with van der Waals surface area (Å²) >= 11 is 0. The zero-order valence-electron chi connectivity index (χ0n) is 20.4. The molecule has 0 aromatic carbocycles. The van der Waals surface area contributed by atoms with E-state index in [1.165, 1.54) is 64.2 Å². The van der Waals surface area contributed by atoms with Gasteiger partial charge in [-0.25, -0.2) is 0 Å². The van der Waals surface area contributed by atoms with Crippen LogP contribution < -0.4 is 0 Å². The molecule has 0 spiro atoms. The second-order valence-electron chi connectivity index (χ2n) is 13.1. The molecule has 1 nitrogen and oxygen atoms in total. The van der Waals surface area contributed by atoms with Gasteiger partial charge < -0.3 is 0 Å². The molecule has 0 aromatic heterocycles. The van der Waals surface area contributed by atoms with Crippen molar-refractivity contribution in [2.45, 2.75) is 119 Å². The first-order valence-corrected chi connectivity index (χ1v) is 13.1. The fourth-order valence-corrected chi connectivity index (χ4v) is 9.46. The van der Waals surface area contributed by atoms with Gasteiger partial charge in [0.2, 0.25) is 0 Å². The van der Waals surface area contributed by atoms with Gasteiger partial charge >= 0.3 is 0 Å². The van der Waals surface area contributed by atoms with Crippen LogP contribution in [0.25, 0.3) is 0 Å². The first-order valence-electron chi connectivity index (χ1n) is 13.1. The Balaban J connectivity index is 1.53. The SMILES string of the molecule is CC(C)CCC[C@@H](C)[C@H]1CC[C@@]2(C)[C@@H]3CCC4CC(=O)CC[C@]4(C)[C@H]3CC[C@]12C. The molecule has 0 amide bonds. The highest BCUT2D eigenvalue weighted by Gasteiger charge is 2.65. The highest BCUT2D eigenvalue weighted by atomic mass is 16.1. The van der Waals surface area contributed by atoms with Crippen LogP contribution in [0.4, 0.5) is 0 Å². The van der Waals surface area contributed by atoms with Crippen LogP contribution in [0.15, 0.2) is 0 Å². The summed E-state index contributed by atoms with van der Waals surface area (Å²) in [5, 5.41) is 0. The van der Waals surface area contributed by atoms with E-state index < -0.39 is 0 Å². The molecule has 4 rings (SSSR count). The molecule has 29 heavy (non-hydrogen) atoms. The summed E-state index contributed by atoms with van der Waals surface area (Å²) in [5.41, 5.74) is 1.52. The van der Waals surface area contributed by atoms with Crippen molar-refractivity contribution in [2.24, 2.45) is 51.8 Å². The minimum atomic E-state index is 0.447. The Morgan fingerprint density at radius 1 is 0.862 bits per heavy atom. The van der Waals surface area contributed by atoms with E-state index in [-0.39, 0.29) is 0 Å². The molecule has 0 N–H and O–H groups in total. The van der Waals surface area contributed by atoms with Gasteiger partial charge in [-0.1, -0.05) is 60.8 Å². The van der Waals surface area contributed by atoms with Gasteiger partial charge in [0.15, 0.2) is 0 Å². The van der Waals surface area contributed by atoms with Crippen molar-refractivity contribution in [1.29, 1.82) is 0 Å². The van der Waals surface area contributed by atoms with Crippen LogP contribution in [-0.4, -0.2) is 5.78 Å². The minimum absolute atomic E-state index is 0.447. The number of rotatable bonds is 5. The summed E-state index contributed by atoms with van der Waals surface area (Å²) in [5.74, 6) is 5.68. The smallest absolute Gasteiger partial charge is 0.133 e. The predicted molar refractivity (Wildman–Crippen MR) is 123 cm³/mol. The van der Waals surface area contributed by atoms with Gasteiger partial charge in [-0.2, -0.15) is 0 Å². The maximum atomic E-state index is 12.2. The second kappa shape index (κ2) is 7.67. The van der Waals surface area contributed by atoms with Crippen LogP contribution in [0.1, 0.15) is 119 Å². The first-order chi connectivity index (χ1) is 13.6. The van der Waals surface area contributed by atoms with Gasteiger partial charge in [-0.05, 0) is 96.7 Å². The zero-order chi connectivity index (χ0) is 21.0. The van der Waals surface area contributed by atoms with Crippen molar-refractivity contribution in [2.75, 3.05) is 0 Å². The van der Waals surface area contributed by atoms with E-state index in [1.54, 1.807) is 0 Å². The molecule has 0 radical (unpaired) electrons. The standard InChI is InChI=1S/C28H48O/c1-19(2)8-7-9-20(3)23-13-16-28(6)25-11-10-21-18-22(29)12-15-26(21,4)24(25)14-17-27(23,28)5/h19-21,23-25H,7-18H2,1-6H3/t20-,21?,23-,24+,25-,26+,27-,28+/m1/s1. The van der Waals surface area contributed by atoms with Gasteiger partial charge in [0.05, 0.1) is 0 Å². The summed E-state index contributed by atoms with van der Waals surface area (Å²) < 4.78 is 0. The second-order valence-corrected chi connectivity index (χ2v) is 13.1. The number of carbonyl (C=O) groups excluding carboxylic acids is 1. The molecule has 4 aliphatic rings. The van der Waals surface area contributed by atoms with E-state index in [9.17, 15) is 4.79 Å². The van der Waals surface area contributed by atoms with Gasteiger partial charge in [-0.3, -0.25) is 4.79 Å². The fourth-order valence-electron chi connectivity index (χ4n) is 9.46. The average molecular weight is 401 g/mol. The van der Waals surface area contributed by atoms with Crippen molar-refractivity contribution in [3.8, 4) is 0 Å². The highest BCUT2D eigenvalue weighted by Crippen LogP contribution is 2.73. The molecule has 166 valence electrons. The Morgan fingerprint density at radius 3 is 2.31 bits per heavy atom. The molecule has 0 aliphatic heterocycles. The topological polar surface area (TPSA) is 17.1 Å². The molecular weight excluding hydrogens is 352 g/mol. The largest absolute Gasteiger partial charge is 0.300 e. The van der Waals surface area contributed by atoms with Crippen LogP contribution >= 0.6 is 0 Å². The minimum Gasteiger partial charge on any atom is -0.300 e. The number of fused-ring (bicyclic) bond motifs is 5. The highest BCUT2D eigenvalue weighted by molar-refractivity contribution is 5.79. The first kappa shape index (κ1) is 21.9. The molecule has 4 fully saturated rings. The van der Waals surface area contributed by atoms with Crippen molar-refractivity contribution in [3.05, 3.63) is 0 Å². The quantitative estimate of drug-likeness (QED) is 0.456. The normalized spacial score (nSPS) is 48.2. The molecule has 0 bridgehead atoms. The van der Waals surface area contributed by atoms with Gasteiger partial charge in [0.25, 0.3) is 0 Å². The van der Waals surface area contributed by atoms with Crippen LogP contribution in [-0.2, 0) is 4.79 Å². The molecule has 1 unspecified atom stereocenters. The number of hydrogen-bond donors (Lipinski definition) is 0. The number of Topliss-reactive ketones (excluding diaryl/α,β-unsaturated/α-hetero) is 1. The van der Waals surface area contributed by atoms with Crippen molar-refractivity contribution in [1.82, 2.24) is 0 Å². The van der Waals surface area contributed by atoms with Crippen molar-refractivity contribution < 1.29 is 4.79 Å². The summed E-state index contributed by atoms with van der Waals surface area (Å²) in [4.78, 5) is 12.2. The van der Waals surface area contributed by atoms with Gasteiger partial charge in [0.1, 0.15) is 5.78 Å². The molecule has 8 atom stereocenters. The lowest BCUT2D eigenvalue weighted by Gasteiger charge is -2.64. The summed E-state index contributed by atoms with van der Waals surface area (Å²) in [6, 6.07) is 0. The Labute approximate surface area is 181 Å². The zero-order valence-corrected chi connectivity index (χ0v) is 20.4. The van der Waals surface area contributed by atoms with E-state index >= 15 is 0 Å². The van der Waals surface area contributed by atoms with Crippen molar-refractivity contribution in [3.63, 3.8) is 0 Å².